The van der Waals surface area contributed by atoms with Gasteiger partial charge in [0.2, 0.25) is 0 Å². The number of hydrogen-bond donors (Lipinski definition) is 1. The van der Waals surface area contributed by atoms with Gasteiger partial charge in [-0.25, -0.2) is 4.39 Å². The van der Waals surface area contributed by atoms with E-state index in [0.717, 1.165) is 18.5 Å². The number of benzene rings is 1. The van der Waals surface area contributed by atoms with E-state index >= 15 is 0 Å². The first-order chi connectivity index (χ1) is 7.27. The maximum Gasteiger partial charge on any atom is 0.145 e. The van der Waals surface area contributed by atoms with Crippen LogP contribution in [-0.2, 0) is 0 Å². The third kappa shape index (κ3) is 1.46. The van der Waals surface area contributed by atoms with Crippen LogP contribution in [0.15, 0.2) is 18.2 Å². The van der Waals surface area contributed by atoms with Crippen molar-refractivity contribution in [1.82, 2.24) is 0 Å². The van der Waals surface area contributed by atoms with Crippen molar-refractivity contribution in [2.75, 3.05) is 11.9 Å². The highest BCUT2D eigenvalue weighted by Crippen LogP contribution is 2.40. The van der Waals surface area contributed by atoms with Gasteiger partial charge in [-0.05, 0) is 25.0 Å². The number of fused-ring (bicyclic) bond motifs is 1. The standard InChI is InChI=1S/C12H14FNO/c13-9-3-4-10-11(7-9)15-8-12(14-10)5-1-2-6-12/h3-4,7,14H,1-2,5-6,8H2. The van der Waals surface area contributed by atoms with Gasteiger partial charge in [0.05, 0.1) is 11.2 Å². The summed E-state index contributed by atoms with van der Waals surface area (Å²) < 4.78 is 18.6. The molecule has 1 aromatic carbocycles. The van der Waals surface area contributed by atoms with E-state index in [1.807, 2.05) is 0 Å². The third-order valence-electron chi connectivity index (χ3n) is 3.41. The zero-order valence-corrected chi connectivity index (χ0v) is 8.55. The molecule has 1 saturated carbocycles. The molecule has 1 aromatic rings. The minimum Gasteiger partial charge on any atom is -0.489 e. The number of hydrogen-bond acceptors (Lipinski definition) is 2. The molecule has 1 spiro atoms. The van der Waals surface area contributed by atoms with Crippen molar-refractivity contribution in [1.29, 1.82) is 0 Å². The quantitative estimate of drug-likeness (QED) is 0.706. The summed E-state index contributed by atoms with van der Waals surface area (Å²) >= 11 is 0. The number of halogens is 1. The summed E-state index contributed by atoms with van der Waals surface area (Å²) in [6.45, 7) is 0.670. The minimum absolute atomic E-state index is 0.116. The predicted octanol–water partition coefficient (Wildman–Crippen LogP) is 2.94. The van der Waals surface area contributed by atoms with E-state index in [2.05, 4.69) is 5.32 Å². The van der Waals surface area contributed by atoms with E-state index in [1.165, 1.54) is 25.0 Å². The van der Waals surface area contributed by atoms with Gasteiger partial charge in [0.25, 0.3) is 0 Å². The van der Waals surface area contributed by atoms with Gasteiger partial charge < -0.3 is 10.1 Å². The molecule has 80 valence electrons. The molecule has 0 saturated heterocycles. The molecular formula is C12H14FNO. The zero-order valence-electron chi connectivity index (χ0n) is 8.55. The molecule has 3 heteroatoms. The van der Waals surface area contributed by atoms with Crippen molar-refractivity contribution in [2.24, 2.45) is 0 Å². The molecule has 1 fully saturated rings. The molecule has 1 aliphatic carbocycles. The Labute approximate surface area is 88.4 Å². The Morgan fingerprint density at radius 2 is 2.07 bits per heavy atom. The van der Waals surface area contributed by atoms with Crippen LogP contribution in [0.3, 0.4) is 0 Å². The van der Waals surface area contributed by atoms with Crippen molar-refractivity contribution in [3.05, 3.63) is 24.0 Å². The molecule has 2 aliphatic rings. The van der Waals surface area contributed by atoms with Gasteiger partial charge in [0.15, 0.2) is 0 Å². The molecule has 1 N–H and O–H groups in total. The Morgan fingerprint density at radius 3 is 2.87 bits per heavy atom. The average molecular weight is 207 g/mol. The fourth-order valence-electron chi connectivity index (χ4n) is 2.58. The summed E-state index contributed by atoms with van der Waals surface area (Å²) in [6.07, 6.45) is 4.83. The van der Waals surface area contributed by atoms with Crippen LogP contribution in [0.4, 0.5) is 10.1 Å². The largest absolute Gasteiger partial charge is 0.489 e. The van der Waals surface area contributed by atoms with Crippen molar-refractivity contribution in [3.8, 4) is 5.75 Å². The van der Waals surface area contributed by atoms with Gasteiger partial charge in [-0.15, -0.1) is 0 Å². The molecule has 0 radical (unpaired) electrons. The lowest BCUT2D eigenvalue weighted by atomic mass is 9.96. The molecule has 1 heterocycles. The Balaban J connectivity index is 1.93. The summed E-state index contributed by atoms with van der Waals surface area (Å²) in [5.41, 5.74) is 1.05. The molecular weight excluding hydrogens is 193 g/mol. The van der Waals surface area contributed by atoms with Gasteiger partial charge in [0.1, 0.15) is 18.2 Å². The molecule has 0 atom stereocenters. The summed E-state index contributed by atoms with van der Waals surface area (Å²) in [5, 5.41) is 3.51. The SMILES string of the molecule is Fc1ccc2c(c1)OCC1(CCCC1)N2. The van der Waals surface area contributed by atoms with Gasteiger partial charge in [-0.1, -0.05) is 12.8 Å². The third-order valence-corrected chi connectivity index (χ3v) is 3.41. The smallest absolute Gasteiger partial charge is 0.145 e. The fourth-order valence-corrected chi connectivity index (χ4v) is 2.58. The second-order valence-corrected chi connectivity index (χ2v) is 4.54. The van der Waals surface area contributed by atoms with Crippen molar-refractivity contribution in [2.45, 2.75) is 31.2 Å². The second kappa shape index (κ2) is 3.12. The van der Waals surface area contributed by atoms with Crippen LogP contribution in [0.2, 0.25) is 0 Å². The number of nitrogens with one attached hydrogen (secondary N) is 1. The van der Waals surface area contributed by atoms with Gasteiger partial charge in [-0.3, -0.25) is 0 Å². The summed E-state index contributed by atoms with van der Waals surface area (Å²) in [4.78, 5) is 0. The number of anilines is 1. The minimum atomic E-state index is -0.238. The van der Waals surface area contributed by atoms with E-state index in [9.17, 15) is 4.39 Å². The average Bonchev–Trinajstić information content (AvgIpc) is 2.67. The molecule has 3 rings (SSSR count). The van der Waals surface area contributed by atoms with Crippen LogP contribution in [0.1, 0.15) is 25.7 Å². The Hall–Kier alpha value is -1.25. The van der Waals surface area contributed by atoms with Crippen LogP contribution < -0.4 is 10.1 Å². The predicted molar refractivity (Wildman–Crippen MR) is 56.7 cm³/mol. The number of rotatable bonds is 0. The van der Waals surface area contributed by atoms with Gasteiger partial charge >= 0.3 is 0 Å². The highest BCUT2D eigenvalue weighted by molar-refractivity contribution is 5.59. The normalized spacial score (nSPS) is 21.9. The van der Waals surface area contributed by atoms with Crippen molar-refractivity contribution < 1.29 is 9.13 Å². The Morgan fingerprint density at radius 1 is 1.27 bits per heavy atom. The zero-order chi connectivity index (χ0) is 10.3. The first kappa shape index (κ1) is 9.01. The molecule has 1 aliphatic heterocycles. The topological polar surface area (TPSA) is 21.3 Å². The van der Waals surface area contributed by atoms with E-state index in [0.29, 0.717) is 12.4 Å². The summed E-state index contributed by atoms with van der Waals surface area (Å²) in [7, 11) is 0. The van der Waals surface area contributed by atoms with E-state index in [4.69, 9.17) is 4.74 Å². The van der Waals surface area contributed by atoms with Crippen molar-refractivity contribution in [3.63, 3.8) is 0 Å². The van der Waals surface area contributed by atoms with Crippen LogP contribution in [0, 0.1) is 5.82 Å². The van der Waals surface area contributed by atoms with E-state index in [-0.39, 0.29) is 11.4 Å². The van der Waals surface area contributed by atoms with E-state index < -0.39 is 0 Å². The lowest BCUT2D eigenvalue weighted by molar-refractivity contribution is 0.220. The maximum absolute atomic E-state index is 13.0. The van der Waals surface area contributed by atoms with Gasteiger partial charge in [0, 0.05) is 6.07 Å². The molecule has 0 aromatic heterocycles. The van der Waals surface area contributed by atoms with E-state index in [1.54, 1.807) is 6.07 Å². The molecule has 0 amide bonds. The highest BCUT2D eigenvalue weighted by atomic mass is 19.1. The summed E-state index contributed by atoms with van der Waals surface area (Å²) in [6, 6.07) is 4.69. The monoisotopic (exact) mass is 207 g/mol. The molecule has 0 bridgehead atoms. The lowest BCUT2D eigenvalue weighted by Crippen LogP contribution is -2.44. The summed E-state index contributed by atoms with van der Waals surface area (Å²) in [5.74, 6) is 0.408. The molecule has 2 nitrogen and oxygen atoms in total. The van der Waals surface area contributed by atoms with Crippen LogP contribution in [-0.4, -0.2) is 12.1 Å². The molecule has 0 unspecified atom stereocenters. The fraction of sp³-hybridized carbons (Fsp3) is 0.500. The first-order valence-corrected chi connectivity index (χ1v) is 5.48. The second-order valence-electron chi connectivity index (χ2n) is 4.54. The Kier molecular flexibility index (Phi) is 1.87. The first-order valence-electron chi connectivity index (χ1n) is 5.48. The van der Waals surface area contributed by atoms with Gasteiger partial charge in [-0.2, -0.15) is 0 Å². The molecule has 15 heavy (non-hydrogen) atoms. The number of ether oxygens (including phenoxy) is 1. The Bertz CT molecular complexity index is 385. The van der Waals surface area contributed by atoms with Crippen LogP contribution in [0.5, 0.6) is 5.75 Å². The highest BCUT2D eigenvalue weighted by Gasteiger charge is 2.37. The van der Waals surface area contributed by atoms with Crippen LogP contribution >= 0.6 is 0 Å². The van der Waals surface area contributed by atoms with Crippen LogP contribution in [0.25, 0.3) is 0 Å². The maximum atomic E-state index is 13.0. The van der Waals surface area contributed by atoms with Crippen molar-refractivity contribution >= 4 is 5.69 Å². The lowest BCUT2D eigenvalue weighted by Gasteiger charge is -2.36.